The van der Waals surface area contributed by atoms with Crippen molar-refractivity contribution >= 4 is 5.97 Å². The molecule has 3 aliphatic heterocycles. The zero-order valence-corrected chi connectivity index (χ0v) is 38.3. The van der Waals surface area contributed by atoms with Crippen molar-refractivity contribution in [2.24, 2.45) is 44.3 Å². The summed E-state index contributed by atoms with van der Waals surface area (Å²) < 4.78 is 36.6. The second-order valence-corrected chi connectivity index (χ2v) is 22.9. The van der Waals surface area contributed by atoms with E-state index in [9.17, 15) is 50.8 Å². The standard InChI is InChI=1S/C47H74O16/c1-21-29(50)31(52)33(54)40(59-21)61-35-34(55)36(38(56)57)62-41(37(35)63-39-32(53)30(51)24(48)20-58-39)60-28-13-14-45(7)25(43(28,4)5)12-15-47(9)26(45)11-10-22-23-18-42(2,3)19-27(49)44(23,6)16-17-46(22,47)8/h10-11,21,24-37,39-41,48-55H,12-20H2,1-9H3,(H,56,57)/t21-,24-,25-,26-,27+,28-,29+,30+,31+,32+,33-,34-,35-,36-,37+,39+,40+,41+,44-,45+,46+,47-/m1/s1. The molecule has 0 aromatic rings. The average molecular weight is 895 g/mol. The Morgan fingerprint density at radius 3 is 2.06 bits per heavy atom. The van der Waals surface area contributed by atoms with Gasteiger partial charge in [0.1, 0.15) is 54.9 Å². The summed E-state index contributed by atoms with van der Waals surface area (Å²) in [5.74, 6) is -1.20. The molecule has 5 aliphatic carbocycles. The van der Waals surface area contributed by atoms with Gasteiger partial charge in [-0.2, -0.15) is 0 Å². The zero-order valence-electron chi connectivity index (χ0n) is 38.3. The molecule has 0 bridgehead atoms. The Morgan fingerprint density at radius 1 is 0.714 bits per heavy atom. The van der Waals surface area contributed by atoms with Gasteiger partial charge in [-0.1, -0.05) is 73.1 Å². The molecule has 3 saturated carbocycles. The topological polar surface area (TPSA) is 255 Å². The molecule has 8 aliphatic rings. The highest BCUT2D eigenvalue weighted by Gasteiger charge is 2.68. The van der Waals surface area contributed by atoms with Gasteiger partial charge in [0.15, 0.2) is 25.0 Å². The van der Waals surface area contributed by atoms with E-state index in [1.54, 1.807) is 0 Å². The zero-order chi connectivity index (χ0) is 46.1. The fourth-order valence-corrected chi connectivity index (χ4v) is 14.2. The Balaban J connectivity index is 1.11. The Bertz CT molecular complexity index is 1800. The average Bonchev–Trinajstić information content (AvgIpc) is 3.20. The summed E-state index contributed by atoms with van der Waals surface area (Å²) in [5.41, 5.74) is 1.71. The summed E-state index contributed by atoms with van der Waals surface area (Å²) in [6.45, 7) is 19.5. The molecule has 6 fully saturated rings. The van der Waals surface area contributed by atoms with Crippen LogP contribution in [0, 0.1) is 44.3 Å². The number of aliphatic hydroxyl groups excluding tert-OH is 8. The molecule has 8 rings (SSSR count). The van der Waals surface area contributed by atoms with E-state index in [1.807, 2.05) is 0 Å². The minimum Gasteiger partial charge on any atom is -0.479 e. The van der Waals surface area contributed by atoms with E-state index in [4.69, 9.17) is 28.4 Å². The molecule has 22 atom stereocenters. The van der Waals surface area contributed by atoms with Gasteiger partial charge in [0, 0.05) is 5.41 Å². The molecule has 0 aromatic carbocycles. The van der Waals surface area contributed by atoms with Gasteiger partial charge < -0.3 is 74.4 Å². The Hall–Kier alpha value is -1.61. The van der Waals surface area contributed by atoms with Crippen LogP contribution in [0.3, 0.4) is 0 Å². The maximum Gasteiger partial charge on any atom is 0.335 e. The molecule has 0 amide bonds. The molecule has 9 N–H and O–H groups in total. The highest BCUT2D eigenvalue weighted by atomic mass is 16.8. The van der Waals surface area contributed by atoms with Crippen LogP contribution >= 0.6 is 0 Å². The van der Waals surface area contributed by atoms with Crippen LogP contribution in [0.4, 0.5) is 0 Å². The lowest BCUT2D eigenvalue weighted by atomic mass is 9.35. The number of carbonyl (C=O) groups is 1. The second-order valence-electron chi connectivity index (χ2n) is 22.9. The number of aliphatic carboxylic acids is 1. The maximum absolute atomic E-state index is 12.7. The number of aliphatic hydroxyl groups is 8. The van der Waals surface area contributed by atoms with Crippen LogP contribution in [-0.4, -0.2) is 157 Å². The van der Waals surface area contributed by atoms with E-state index in [2.05, 4.69) is 67.5 Å². The van der Waals surface area contributed by atoms with Gasteiger partial charge in [0.05, 0.1) is 24.9 Å². The normalized spacial score (nSPS) is 54.0. The third kappa shape index (κ3) is 7.44. The van der Waals surface area contributed by atoms with Gasteiger partial charge in [-0.15, -0.1) is 0 Å². The Labute approximate surface area is 370 Å². The van der Waals surface area contributed by atoms with Gasteiger partial charge >= 0.3 is 5.97 Å². The smallest absolute Gasteiger partial charge is 0.335 e. The van der Waals surface area contributed by atoms with Crippen molar-refractivity contribution in [3.8, 4) is 0 Å². The van der Waals surface area contributed by atoms with Gasteiger partial charge in [-0.05, 0) is 103 Å². The van der Waals surface area contributed by atoms with Crippen LogP contribution in [0.15, 0.2) is 23.3 Å². The molecular formula is C47H74O16. The minimum absolute atomic E-state index is 0.000476. The molecule has 16 nitrogen and oxygen atoms in total. The molecule has 63 heavy (non-hydrogen) atoms. The summed E-state index contributed by atoms with van der Waals surface area (Å²) in [4.78, 5) is 12.7. The molecule has 358 valence electrons. The molecule has 0 unspecified atom stereocenters. The van der Waals surface area contributed by atoms with E-state index in [0.717, 1.165) is 44.9 Å². The highest BCUT2D eigenvalue weighted by Crippen LogP contribution is 2.74. The number of carboxylic acid groups (broad SMARTS) is 1. The van der Waals surface area contributed by atoms with Crippen molar-refractivity contribution in [3.63, 3.8) is 0 Å². The number of hydrogen-bond acceptors (Lipinski definition) is 15. The van der Waals surface area contributed by atoms with E-state index in [-0.39, 0.29) is 45.0 Å². The van der Waals surface area contributed by atoms with E-state index in [0.29, 0.717) is 6.42 Å². The first-order valence-electron chi connectivity index (χ1n) is 23.2. The molecule has 3 heterocycles. The molecule has 0 spiro atoms. The lowest BCUT2D eigenvalue weighted by Gasteiger charge is -2.70. The van der Waals surface area contributed by atoms with Crippen LogP contribution < -0.4 is 0 Å². The van der Waals surface area contributed by atoms with Crippen molar-refractivity contribution in [1.82, 2.24) is 0 Å². The van der Waals surface area contributed by atoms with E-state index >= 15 is 0 Å². The lowest BCUT2D eigenvalue weighted by Crippen LogP contribution is -2.68. The van der Waals surface area contributed by atoms with Crippen molar-refractivity contribution in [1.29, 1.82) is 0 Å². The van der Waals surface area contributed by atoms with Gasteiger partial charge in [-0.3, -0.25) is 0 Å². The second kappa shape index (κ2) is 16.3. The predicted octanol–water partition coefficient (Wildman–Crippen LogP) is 2.29. The SMILES string of the molecule is C[C@H]1O[C@@H](O[C@@H]2[C@@H](O)[C@H](C(=O)O)O[C@H](O[C@@H]3CC[C@@]4(C)[C@H](CC[C@]5(C)[C@@H]4C=CC4=C6CC(C)(C)C[C@H](O)[C@]6(C)CC[C@@]45C)C3(C)C)[C@H]2O[C@@H]2OC[C@@H](O)[C@H](O)[C@@H]2O)[C@H](O)[C@@H](O)[C@H]1O. The first-order valence-corrected chi connectivity index (χ1v) is 23.2. The summed E-state index contributed by atoms with van der Waals surface area (Å²) >= 11 is 0. The number of fused-ring (bicyclic) bond motifs is 6. The highest BCUT2D eigenvalue weighted by molar-refractivity contribution is 5.73. The van der Waals surface area contributed by atoms with Crippen LogP contribution in [0.25, 0.3) is 0 Å². The fourth-order valence-electron chi connectivity index (χ4n) is 14.2. The number of carboxylic acids is 1. The van der Waals surface area contributed by atoms with Gasteiger partial charge in [-0.25, -0.2) is 4.79 Å². The van der Waals surface area contributed by atoms with Crippen molar-refractivity contribution in [2.75, 3.05) is 6.61 Å². The summed E-state index contributed by atoms with van der Waals surface area (Å²) in [5, 5.41) is 97.1. The van der Waals surface area contributed by atoms with E-state index in [1.165, 1.54) is 18.1 Å². The van der Waals surface area contributed by atoms with E-state index < -0.39 is 110 Å². The third-order valence-electron chi connectivity index (χ3n) is 18.3. The summed E-state index contributed by atoms with van der Waals surface area (Å²) in [6.07, 6.45) is -12.4. The summed E-state index contributed by atoms with van der Waals surface area (Å²) in [6, 6.07) is 0. The van der Waals surface area contributed by atoms with Crippen molar-refractivity contribution < 1.29 is 79.2 Å². The van der Waals surface area contributed by atoms with Crippen molar-refractivity contribution in [3.05, 3.63) is 23.3 Å². The molecular weight excluding hydrogens is 821 g/mol. The molecule has 0 aromatic heterocycles. The van der Waals surface area contributed by atoms with Crippen molar-refractivity contribution in [2.45, 2.75) is 212 Å². The first-order chi connectivity index (χ1) is 29.2. The fraction of sp³-hybridized carbons (Fsp3) is 0.894. The third-order valence-corrected chi connectivity index (χ3v) is 18.3. The monoisotopic (exact) mass is 894 g/mol. The lowest BCUT2D eigenvalue weighted by molar-refractivity contribution is -0.390. The largest absolute Gasteiger partial charge is 0.479 e. The van der Waals surface area contributed by atoms with Crippen LogP contribution in [0.1, 0.15) is 114 Å². The Morgan fingerprint density at radius 2 is 1.38 bits per heavy atom. The van der Waals surface area contributed by atoms with Gasteiger partial charge in [0.2, 0.25) is 0 Å². The van der Waals surface area contributed by atoms with Gasteiger partial charge in [0.25, 0.3) is 0 Å². The summed E-state index contributed by atoms with van der Waals surface area (Å²) in [7, 11) is 0. The minimum atomic E-state index is -1.99. The predicted molar refractivity (Wildman–Crippen MR) is 223 cm³/mol. The number of rotatable bonds is 7. The Kier molecular flexibility index (Phi) is 12.4. The maximum atomic E-state index is 12.7. The van der Waals surface area contributed by atoms with Crippen LogP contribution in [0.2, 0.25) is 0 Å². The first kappa shape index (κ1) is 47.9. The van der Waals surface area contributed by atoms with Crippen LogP contribution in [0.5, 0.6) is 0 Å². The quantitative estimate of drug-likeness (QED) is 0.166. The molecule has 16 heteroatoms. The number of hydrogen-bond donors (Lipinski definition) is 9. The number of allylic oxidation sites excluding steroid dienone is 3. The molecule has 3 saturated heterocycles. The number of ether oxygens (including phenoxy) is 6. The van der Waals surface area contributed by atoms with Crippen LogP contribution in [-0.2, 0) is 33.2 Å². The molecule has 0 radical (unpaired) electrons.